The van der Waals surface area contributed by atoms with Crippen LogP contribution in [-0.4, -0.2) is 18.0 Å². The molecule has 0 saturated heterocycles. The predicted molar refractivity (Wildman–Crippen MR) is 69.5 cm³/mol. The van der Waals surface area contributed by atoms with Crippen LogP contribution in [0.25, 0.3) is 0 Å². The molecular formula is C13H11F2N3O2. The molecule has 0 aliphatic heterocycles. The number of anilines is 2. The Hall–Kier alpha value is -2.70. The molecule has 0 atom stereocenters. The Morgan fingerprint density at radius 2 is 2.10 bits per heavy atom. The van der Waals surface area contributed by atoms with Crippen LogP contribution in [0.1, 0.15) is 10.4 Å². The third-order valence-electron chi connectivity index (χ3n) is 2.54. The number of amides is 1. The number of aromatic nitrogens is 1. The smallest absolute Gasteiger partial charge is 0.261 e. The number of benzene rings is 1. The van der Waals surface area contributed by atoms with Crippen molar-refractivity contribution in [2.45, 2.75) is 0 Å². The molecule has 0 fully saturated rings. The summed E-state index contributed by atoms with van der Waals surface area (Å²) in [5.41, 5.74) is 4.97. The zero-order valence-electron chi connectivity index (χ0n) is 10.5. The average molecular weight is 279 g/mol. The van der Waals surface area contributed by atoms with Gasteiger partial charge in [0, 0.05) is 12.3 Å². The molecular weight excluding hydrogens is 268 g/mol. The van der Waals surface area contributed by atoms with Crippen LogP contribution in [0, 0.1) is 11.6 Å². The first kappa shape index (κ1) is 13.7. The lowest BCUT2D eigenvalue weighted by Crippen LogP contribution is -2.15. The van der Waals surface area contributed by atoms with Crippen molar-refractivity contribution in [1.29, 1.82) is 0 Å². The van der Waals surface area contributed by atoms with Gasteiger partial charge >= 0.3 is 0 Å². The van der Waals surface area contributed by atoms with Gasteiger partial charge in [-0.25, -0.2) is 13.8 Å². The average Bonchev–Trinajstić information content (AvgIpc) is 2.44. The molecule has 1 aromatic heterocycles. The minimum absolute atomic E-state index is 0.0977. The van der Waals surface area contributed by atoms with E-state index in [1.807, 2.05) is 0 Å². The van der Waals surface area contributed by atoms with Crippen molar-refractivity contribution < 1.29 is 18.3 Å². The molecule has 0 saturated carbocycles. The Bertz CT molecular complexity index is 662. The van der Waals surface area contributed by atoms with Gasteiger partial charge in [-0.15, -0.1) is 0 Å². The number of hydrogen-bond acceptors (Lipinski definition) is 4. The van der Waals surface area contributed by atoms with E-state index in [0.717, 1.165) is 6.07 Å². The van der Waals surface area contributed by atoms with E-state index in [4.69, 9.17) is 10.5 Å². The number of methoxy groups -OCH3 is 1. The van der Waals surface area contributed by atoms with Gasteiger partial charge in [0.15, 0.2) is 0 Å². The Labute approximate surface area is 113 Å². The van der Waals surface area contributed by atoms with Crippen molar-refractivity contribution in [3.63, 3.8) is 0 Å². The van der Waals surface area contributed by atoms with Crippen molar-refractivity contribution in [2.24, 2.45) is 0 Å². The molecule has 1 heterocycles. The van der Waals surface area contributed by atoms with Gasteiger partial charge in [0.25, 0.3) is 5.91 Å². The lowest BCUT2D eigenvalue weighted by atomic mass is 10.2. The number of rotatable bonds is 3. The van der Waals surface area contributed by atoms with Crippen LogP contribution in [0.4, 0.5) is 20.2 Å². The Morgan fingerprint density at radius 1 is 1.35 bits per heavy atom. The van der Waals surface area contributed by atoms with Gasteiger partial charge < -0.3 is 15.8 Å². The second-order valence-electron chi connectivity index (χ2n) is 3.87. The minimum Gasteiger partial charge on any atom is -0.480 e. The minimum atomic E-state index is -0.923. The third kappa shape index (κ3) is 2.66. The standard InChI is InChI=1S/C13H11F2N3O2/c1-20-13-7(3-2-4-17-13)12(19)18-11-6-10(16)8(14)5-9(11)15/h2-6H,16H2,1H3,(H,18,19). The summed E-state index contributed by atoms with van der Waals surface area (Å²) in [6.45, 7) is 0. The second kappa shape index (κ2) is 5.52. The number of nitrogens with two attached hydrogens (primary N) is 1. The first-order chi connectivity index (χ1) is 9.52. The lowest BCUT2D eigenvalue weighted by Gasteiger charge is -2.09. The maximum absolute atomic E-state index is 13.5. The van der Waals surface area contributed by atoms with Crippen LogP contribution >= 0.6 is 0 Å². The maximum Gasteiger partial charge on any atom is 0.261 e. The fourth-order valence-electron chi connectivity index (χ4n) is 1.58. The summed E-state index contributed by atoms with van der Waals surface area (Å²) in [6, 6.07) is 4.61. The van der Waals surface area contributed by atoms with E-state index in [-0.39, 0.29) is 22.8 Å². The molecule has 2 rings (SSSR count). The summed E-state index contributed by atoms with van der Waals surface area (Å²) < 4.78 is 31.5. The quantitative estimate of drug-likeness (QED) is 0.844. The Balaban J connectivity index is 2.30. The van der Waals surface area contributed by atoms with Crippen LogP contribution in [0.5, 0.6) is 5.88 Å². The van der Waals surface area contributed by atoms with Crippen molar-refractivity contribution in [3.8, 4) is 5.88 Å². The van der Waals surface area contributed by atoms with Crippen molar-refractivity contribution in [1.82, 2.24) is 4.98 Å². The lowest BCUT2D eigenvalue weighted by molar-refractivity contribution is 0.102. The van der Waals surface area contributed by atoms with Crippen LogP contribution in [0.15, 0.2) is 30.5 Å². The highest BCUT2D eigenvalue weighted by molar-refractivity contribution is 6.06. The van der Waals surface area contributed by atoms with Crippen LogP contribution in [-0.2, 0) is 0 Å². The summed E-state index contributed by atoms with van der Waals surface area (Å²) in [4.78, 5) is 15.9. The van der Waals surface area contributed by atoms with Crippen LogP contribution in [0.2, 0.25) is 0 Å². The van der Waals surface area contributed by atoms with Crippen molar-refractivity contribution in [2.75, 3.05) is 18.2 Å². The SMILES string of the molecule is COc1ncccc1C(=O)Nc1cc(N)c(F)cc1F. The molecule has 0 aliphatic carbocycles. The van der Waals surface area contributed by atoms with Crippen molar-refractivity contribution >= 4 is 17.3 Å². The fraction of sp³-hybridized carbons (Fsp3) is 0.0769. The van der Waals surface area contributed by atoms with E-state index in [1.165, 1.54) is 25.4 Å². The van der Waals surface area contributed by atoms with E-state index in [2.05, 4.69) is 10.3 Å². The van der Waals surface area contributed by atoms with Gasteiger partial charge in [0.2, 0.25) is 5.88 Å². The van der Waals surface area contributed by atoms with E-state index in [0.29, 0.717) is 6.07 Å². The molecule has 1 amide bonds. The Kier molecular flexibility index (Phi) is 3.79. The fourth-order valence-corrected chi connectivity index (χ4v) is 1.58. The first-order valence-electron chi connectivity index (χ1n) is 5.57. The van der Waals surface area contributed by atoms with Gasteiger partial charge in [-0.3, -0.25) is 4.79 Å². The number of halogens is 2. The molecule has 104 valence electrons. The number of nitrogens with one attached hydrogen (secondary N) is 1. The molecule has 0 unspecified atom stereocenters. The Morgan fingerprint density at radius 3 is 2.80 bits per heavy atom. The number of pyridine rings is 1. The van der Waals surface area contributed by atoms with Gasteiger partial charge in [-0.2, -0.15) is 0 Å². The zero-order chi connectivity index (χ0) is 14.7. The molecule has 0 bridgehead atoms. The molecule has 20 heavy (non-hydrogen) atoms. The topological polar surface area (TPSA) is 77.2 Å². The molecule has 0 spiro atoms. The summed E-state index contributed by atoms with van der Waals surface area (Å²) in [7, 11) is 1.36. The van der Waals surface area contributed by atoms with Gasteiger partial charge in [-0.05, 0) is 18.2 Å². The van der Waals surface area contributed by atoms with Gasteiger partial charge in [-0.1, -0.05) is 0 Å². The number of hydrogen-bond donors (Lipinski definition) is 2. The number of nitrogens with zero attached hydrogens (tertiary/aromatic N) is 1. The molecule has 3 N–H and O–H groups in total. The van der Waals surface area contributed by atoms with Crippen LogP contribution in [0.3, 0.4) is 0 Å². The number of carbonyl (C=O) groups is 1. The first-order valence-corrected chi connectivity index (χ1v) is 5.57. The van der Waals surface area contributed by atoms with Gasteiger partial charge in [0.05, 0.1) is 18.5 Å². The number of nitrogen functional groups attached to an aromatic ring is 1. The summed E-state index contributed by atoms with van der Waals surface area (Å²) >= 11 is 0. The summed E-state index contributed by atoms with van der Waals surface area (Å²) in [6.07, 6.45) is 1.45. The number of ether oxygens (including phenoxy) is 1. The highest BCUT2D eigenvalue weighted by Gasteiger charge is 2.16. The van der Waals surface area contributed by atoms with E-state index >= 15 is 0 Å². The number of carbonyl (C=O) groups excluding carboxylic acids is 1. The molecule has 2 aromatic rings. The van der Waals surface area contributed by atoms with E-state index in [9.17, 15) is 13.6 Å². The monoisotopic (exact) mass is 279 g/mol. The largest absolute Gasteiger partial charge is 0.480 e. The predicted octanol–water partition coefficient (Wildman–Crippen LogP) is 2.20. The molecule has 7 heteroatoms. The van der Waals surface area contributed by atoms with Gasteiger partial charge in [0.1, 0.15) is 17.2 Å². The zero-order valence-corrected chi connectivity index (χ0v) is 10.5. The molecule has 5 nitrogen and oxygen atoms in total. The third-order valence-corrected chi connectivity index (χ3v) is 2.54. The highest BCUT2D eigenvalue weighted by atomic mass is 19.1. The van der Waals surface area contributed by atoms with E-state index in [1.54, 1.807) is 0 Å². The summed E-state index contributed by atoms with van der Waals surface area (Å²) in [5.74, 6) is -2.35. The summed E-state index contributed by atoms with van der Waals surface area (Å²) in [5, 5.41) is 2.29. The maximum atomic E-state index is 13.5. The van der Waals surface area contributed by atoms with E-state index < -0.39 is 17.5 Å². The van der Waals surface area contributed by atoms with Crippen LogP contribution < -0.4 is 15.8 Å². The molecule has 1 aromatic carbocycles. The molecule has 0 radical (unpaired) electrons. The normalized spacial score (nSPS) is 10.2. The highest BCUT2D eigenvalue weighted by Crippen LogP contribution is 2.23. The second-order valence-corrected chi connectivity index (χ2v) is 3.87. The van der Waals surface area contributed by atoms with Crippen molar-refractivity contribution in [3.05, 3.63) is 47.7 Å². The molecule has 0 aliphatic rings.